The number of esters is 1. The van der Waals surface area contributed by atoms with E-state index in [0.29, 0.717) is 25.5 Å². The number of nitrogens with zero attached hydrogens (tertiary/aromatic N) is 2. The summed E-state index contributed by atoms with van der Waals surface area (Å²) in [6.45, 7) is 11.3. The number of amides is 2. The van der Waals surface area contributed by atoms with Gasteiger partial charge in [-0.1, -0.05) is 31.4 Å². The number of anilines is 2. The monoisotopic (exact) mass is 607 g/mol. The molecule has 0 unspecified atom stereocenters. The molecule has 0 spiro atoms. The molecule has 0 radical (unpaired) electrons. The molecule has 0 saturated heterocycles. The van der Waals surface area contributed by atoms with Crippen LogP contribution in [0.15, 0.2) is 36.4 Å². The second-order valence-corrected chi connectivity index (χ2v) is 13.9. The van der Waals surface area contributed by atoms with Gasteiger partial charge in [0, 0.05) is 24.5 Å². The molecule has 2 N–H and O–H groups in total. The fourth-order valence-electron chi connectivity index (χ4n) is 5.82. The summed E-state index contributed by atoms with van der Waals surface area (Å²) >= 11 is 0. The lowest BCUT2D eigenvalue weighted by Crippen LogP contribution is -2.45. The number of nitrogens with two attached hydrogens (primary N) is 1. The summed E-state index contributed by atoms with van der Waals surface area (Å²) in [5.41, 5.74) is 9.95. The highest BCUT2D eigenvalue weighted by molar-refractivity contribution is 5.98. The molecule has 9 heteroatoms. The molecule has 2 aliphatic rings. The number of nitrogen functional groups attached to an aromatic ring is 1. The quantitative estimate of drug-likeness (QED) is 0.248. The van der Waals surface area contributed by atoms with E-state index in [4.69, 9.17) is 19.9 Å². The van der Waals surface area contributed by atoms with Crippen LogP contribution in [0, 0.1) is 0 Å². The van der Waals surface area contributed by atoms with Crippen LogP contribution in [-0.4, -0.2) is 53.7 Å². The zero-order chi connectivity index (χ0) is 32.1. The van der Waals surface area contributed by atoms with E-state index in [1.54, 1.807) is 46.4 Å². The highest BCUT2D eigenvalue weighted by atomic mass is 16.6. The van der Waals surface area contributed by atoms with Gasteiger partial charge in [0.15, 0.2) is 0 Å². The molecule has 1 heterocycles. The molecule has 44 heavy (non-hydrogen) atoms. The molecule has 2 amide bonds. The lowest BCUT2D eigenvalue weighted by molar-refractivity contribution is -0.155. The van der Waals surface area contributed by atoms with Crippen LogP contribution >= 0.6 is 0 Å². The average Bonchev–Trinajstić information content (AvgIpc) is 3.36. The van der Waals surface area contributed by atoms with Gasteiger partial charge in [0.25, 0.3) is 0 Å². The van der Waals surface area contributed by atoms with Crippen molar-refractivity contribution in [3.05, 3.63) is 53.1 Å². The molecule has 9 nitrogen and oxygen atoms in total. The predicted octanol–water partition coefficient (Wildman–Crippen LogP) is 6.75. The number of carbonyl (C=O) groups excluding carboxylic acids is 3. The highest BCUT2D eigenvalue weighted by Gasteiger charge is 2.30. The number of fused-ring (bicyclic) bond motifs is 1. The fraction of sp³-hybridized carbons (Fsp3) is 0.571. The zero-order valence-corrected chi connectivity index (χ0v) is 27.2. The lowest BCUT2D eigenvalue weighted by Gasteiger charge is -2.29. The van der Waals surface area contributed by atoms with Crippen molar-refractivity contribution in [1.82, 2.24) is 4.90 Å². The molecule has 240 valence electrons. The van der Waals surface area contributed by atoms with E-state index in [9.17, 15) is 14.4 Å². The second-order valence-electron chi connectivity index (χ2n) is 13.9. The maximum atomic E-state index is 13.4. The third kappa shape index (κ3) is 9.37. The Morgan fingerprint density at radius 1 is 0.932 bits per heavy atom. The van der Waals surface area contributed by atoms with Gasteiger partial charge < -0.3 is 24.8 Å². The van der Waals surface area contributed by atoms with Crippen molar-refractivity contribution in [2.24, 2.45) is 0 Å². The Labute approximate surface area is 262 Å². The molecular weight excluding hydrogens is 558 g/mol. The normalized spacial score (nSPS) is 15.5. The SMILES string of the molecule is CC(C)(C)OC(=O)CCN(CC(=O)N1CCc2cc(OCc3ccc(C4CCCCC4)c(N)c3)ccc21)C(=O)OC(C)(C)C. The maximum absolute atomic E-state index is 13.4. The summed E-state index contributed by atoms with van der Waals surface area (Å²) in [7, 11) is 0. The predicted molar refractivity (Wildman–Crippen MR) is 172 cm³/mol. The molecule has 1 fully saturated rings. The lowest BCUT2D eigenvalue weighted by atomic mass is 9.83. The van der Waals surface area contributed by atoms with Gasteiger partial charge >= 0.3 is 12.1 Å². The van der Waals surface area contributed by atoms with E-state index in [2.05, 4.69) is 12.1 Å². The van der Waals surface area contributed by atoms with Gasteiger partial charge in [-0.2, -0.15) is 0 Å². The maximum Gasteiger partial charge on any atom is 0.410 e. The summed E-state index contributed by atoms with van der Waals surface area (Å²) < 4.78 is 17.0. The summed E-state index contributed by atoms with van der Waals surface area (Å²) in [5.74, 6) is 0.587. The molecule has 0 aromatic heterocycles. The van der Waals surface area contributed by atoms with Crippen LogP contribution in [0.2, 0.25) is 0 Å². The third-order valence-corrected chi connectivity index (χ3v) is 7.83. The Hall–Kier alpha value is -3.75. The van der Waals surface area contributed by atoms with Crippen molar-refractivity contribution >= 4 is 29.3 Å². The molecule has 1 aliphatic carbocycles. The van der Waals surface area contributed by atoms with Crippen LogP contribution in [0.4, 0.5) is 16.2 Å². The van der Waals surface area contributed by atoms with E-state index < -0.39 is 23.3 Å². The Morgan fingerprint density at radius 3 is 2.30 bits per heavy atom. The number of carbonyl (C=O) groups is 3. The number of hydrogen-bond donors (Lipinski definition) is 1. The molecule has 2 aromatic carbocycles. The fourth-order valence-corrected chi connectivity index (χ4v) is 5.82. The van der Waals surface area contributed by atoms with Crippen LogP contribution in [0.25, 0.3) is 0 Å². The van der Waals surface area contributed by atoms with Crippen molar-refractivity contribution in [3.8, 4) is 5.75 Å². The van der Waals surface area contributed by atoms with Crippen LogP contribution < -0.4 is 15.4 Å². The number of benzene rings is 2. The second kappa shape index (κ2) is 13.9. The molecular formula is C35H49N3O6. The van der Waals surface area contributed by atoms with Gasteiger partial charge in [0.1, 0.15) is 30.1 Å². The van der Waals surface area contributed by atoms with Crippen LogP contribution in [-0.2, 0) is 32.1 Å². The molecule has 0 bridgehead atoms. The van der Waals surface area contributed by atoms with Crippen molar-refractivity contribution in [2.75, 3.05) is 30.3 Å². The molecule has 1 aliphatic heterocycles. The molecule has 1 saturated carbocycles. The largest absolute Gasteiger partial charge is 0.489 e. The summed E-state index contributed by atoms with van der Waals surface area (Å²) in [6, 6.07) is 12.0. The minimum atomic E-state index is -0.746. The van der Waals surface area contributed by atoms with E-state index >= 15 is 0 Å². The van der Waals surface area contributed by atoms with E-state index in [0.717, 1.165) is 28.3 Å². The van der Waals surface area contributed by atoms with Gasteiger partial charge in [0.05, 0.1) is 6.42 Å². The van der Waals surface area contributed by atoms with Crippen LogP contribution in [0.3, 0.4) is 0 Å². The van der Waals surface area contributed by atoms with E-state index in [-0.39, 0.29) is 25.4 Å². The first-order valence-electron chi connectivity index (χ1n) is 15.8. The van der Waals surface area contributed by atoms with E-state index in [1.807, 2.05) is 24.3 Å². The summed E-state index contributed by atoms with van der Waals surface area (Å²) in [6.07, 6.45) is 6.25. The first kappa shape index (κ1) is 33.1. The Bertz CT molecular complexity index is 1340. The van der Waals surface area contributed by atoms with Gasteiger partial charge in [-0.3, -0.25) is 14.5 Å². The van der Waals surface area contributed by atoms with Gasteiger partial charge in [-0.25, -0.2) is 4.79 Å². The zero-order valence-electron chi connectivity index (χ0n) is 27.2. The van der Waals surface area contributed by atoms with Crippen molar-refractivity contribution in [2.45, 2.75) is 110 Å². The topological polar surface area (TPSA) is 111 Å². The molecule has 4 rings (SSSR count). The number of hydrogen-bond acceptors (Lipinski definition) is 7. The van der Waals surface area contributed by atoms with Gasteiger partial charge in [-0.15, -0.1) is 0 Å². The third-order valence-electron chi connectivity index (χ3n) is 7.83. The minimum Gasteiger partial charge on any atom is -0.489 e. The first-order valence-corrected chi connectivity index (χ1v) is 15.8. The minimum absolute atomic E-state index is 0.00912. The van der Waals surface area contributed by atoms with Gasteiger partial charge in [0.2, 0.25) is 5.91 Å². The van der Waals surface area contributed by atoms with Crippen LogP contribution in [0.5, 0.6) is 5.75 Å². The number of ether oxygens (including phenoxy) is 3. The highest BCUT2D eigenvalue weighted by Crippen LogP contribution is 2.36. The smallest absolute Gasteiger partial charge is 0.410 e. The molecule has 2 aromatic rings. The Morgan fingerprint density at radius 2 is 1.64 bits per heavy atom. The van der Waals surface area contributed by atoms with Gasteiger partial charge in [-0.05, 0) is 108 Å². The van der Waals surface area contributed by atoms with Crippen LogP contribution in [0.1, 0.15) is 103 Å². The Balaban J connectivity index is 1.37. The van der Waals surface area contributed by atoms with Crippen molar-refractivity contribution in [3.63, 3.8) is 0 Å². The standard InChI is InChI=1S/C35H49N3O6/c1-34(2,3)43-32(40)17-18-37(33(41)44-35(4,5)6)22-31(39)38-19-16-26-21-27(13-15-30(26)38)42-23-24-12-14-28(29(36)20-24)25-10-8-7-9-11-25/h12-15,20-21,25H,7-11,16-19,22-23,36H2,1-6H3. The van der Waals surface area contributed by atoms with E-state index in [1.165, 1.54) is 42.6 Å². The molecule has 0 atom stereocenters. The van der Waals surface area contributed by atoms with Crippen molar-refractivity contribution in [1.29, 1.82) is 0 Å². The Kier molecular flexibility index (Phi) is 10.5. The summed E-state index contributed by atoms with van der Waals surface area (Å²) in [5, 5.41) is 0. The van der Waals surface area contributed by atoms with Crippen molar-refractivity contribution < 1.29 is 28.6 Å². The first-order chi connectivity index (χ1) is 20.7. The number of rotatable bonds is 9. The average molecular weight is 608 g/mol. The summed E-state index contributed by atoms with van der Waals surface area (Å²) in [4.78, 5) is 41.7.